The molecule has 0 aliphatic heterocycles. The van der Waals surface area contributed by atoms with Gasteiger partial charge in [0, 0.05) is 24.7 Å². The van der Waals surface area contributed by atoms with Gasteiger partial charge in [-0.05, 0) is 31.5 Å². The molecule has 122 valence electrons. The van der Waals surface area contributed by atoms with Gasteiger partial charge in [-0.15, -0.1) is 0 Å². The summed E-state index contributed by atoms with van der Waals surface area (Å²) in [6.45, 7) is 3.75. The van der Waals surface area contributed by atoms with E-state index in [1.165, 1.54) is 12.1 Å². The van der Waals surface area contributed by atoms with Gasteiger partial charge in [-0.2, -0.15) is 0 Å². The van der Waals surface area contributed by atoms with E-state index in [0.717, 1.165) is 0 Å². The van der Waals surface area contributed by atoms with Crippen molar-refractivity contribution in [1.82, 2.24) is 15.8 Å². The van der Waals surface area contributed by atoms with Crippen molar-refractivity contribution in [2.75, 3.05) is 18.4 Å². The van der Waals surface area contributed by atoms with Gasteiger partial charge >= 0.3 is 6.03 Å². The van der Waals surface area contributed by atoms with Crippen molar-refractivity contribution in [2.45, 2.75) is 13.8 Å². The topological polar surface area (TPSA) is 96.3 Å². The fraction of sp³-hybridized carbons (Fsp3) is 0.267. The van der Waals surface area contributed by atoms with Crippen molar-refractivity contribution < 1.29 is 18.5 Å². The van der Waals surface area contributed by atoms with E-state index in [1.807, 2.05) is 0 Å². The molecule has 0 bridgehead atoms. The number of anilines is 1. The number of rotatable bonds is 5. The van der Waals surface area contributed by atoms with Crippen molar-refractivity contribution in [2.24, 2.45) is 0 Å². The molecule has 1 aromatic carbocycles. The number of aryl methyl sites for hydroxylation is 2. The Hall–Kier alpha value is -2.90. The van der Waals surface area contributed by atoms with Crippen LogP contribution in [0, 0.1) is 19.7 Å². The lowest BCUT2D eigenvalue weighted by Gasteiger charge is -2.07. The molecule has 0 atom stereocenters. The molecular weight excluding hydrogens is 303 g/mol. The number of carbonyl (C=O) groups excluding carboxylic acids is 2. The summed E-state index contributed by atoms with van der Waals surface area (Å²) >= 11 is 0. The molecule has 23 heavy (non-hydrogen) atoms. The first kappa shape index (κ1) is 16.5. The lowest BCUT2D eigenvalue weighted by molar-refractivity contribution is 0.0953. The monoisotopic (exact) mass is 320 g/mol. The minimum Gasteiger partial charge on any atom is -0.360 e. The van der Waals surface area contributed by atoms with Crippen LogP contribution in [-0.2, 0) is 0 Å². The molecule has 0 aliphatic rings. The highest BCUT2D eigenvalue weighted by atomic mass is 19.1. The number of amides is 3. The Labute approximate surface area is 132 Å². The third-order valence-electron chi connectivity index (χ3n) is 3.00. The molecule has 2 rings (SSSR count). The molecule has 0 saturated heterocycles. The summed E-state index contributed by atoms with van der Waals surface area (Å²) in [7, 11) is 0. The third-order valence-corrected chi connectivity index (χ3v) is 3.00. The zero-order valence-corrected chi connectivity index (χ0v) is 12.8. The summed E-state index contributed by atoms with van der Waals surface area (Å²) in [4.78, 5) is 23.4. The number of nitrogens with one attached hydrogen (secondary N) is 3. The van der Waals surface area contributed by atoms with Crippen LogP contribution in [0.25, 0.3) is 0 Å². The minimum absolute atomic E-state index is 0.208. The quantitative estimate of drug-likeness (QED) is 0.734. The summed E-state index contributed by atoms with van der Waals surface area (Å²) in [5.41, 5.74) is 0.707. The van der Waals surface area contributed by atoms with Crippen LogP contribution in [0.1, 0.15) is 21.7 Å². The SMILES string of the molecule is Cc1cc(NC(=O)NCCNC(=O)c2ccc(C)c(F)c2)no1. The highest BCUT2D eigenvalue weighted by molar-refractivity contribution is 5.94. The standard InChI is InChI=1S/C15H17FN4O3/c1-9-3-4-11(8-12(9)16)14(21)17-5-6-18-15(22)19-13-7-10(2)23-20-13/h3-4,7-8H,5-6H2,1-2H3,(H,17,21)(H2,18,19,20,22). The number of carbonyl (C=O) groups is 2. The number of hydrogen-bond acceptors (Lipinski definition) is 4. The molecule has 0 unspecified atom stereocenters. The van der Waals surface area contributed by atoms with Crippen LogP contribution < -0.4 is 16.0 Å². The Morgan fingerprint density at radius 3 is 2.57 bits per heavy atom. The molecule has 0 fully saturated rings. The summed E-state index contributed by atoms with van der Waals surface area (Å²) < 4.78 is 18.2. The summed E-state index contributed by atoms with van der Waals surface area (Å²) in [6, 6.07) is 5.37. The van der Waals surface area contributed by atoms with Crippen LogP contribution >= 0.6 is 0 Å². The minimum atomic E-state index is -0.464. The molecule has 0 spiro atoms. The first-order chi connectivity index (χ1) is 11.0. The van der Waals surface area contributed by atoms with Gasteiger partial charge in [-0.3, -0.25) is 10.1 Å². The molecule has 0 saturated carbocycles. The average molecular weight is 320 g/mol. The van der Waals surface area contributed by atoms with Gasteiger partial charge in [-0.1, -0.05) is 11.2 Å². The largest absolute Gasteiger partial charge is 0.360 e. The maximum absolute atomic E-state index is 13.4. The number of benzene rings is 1. The zero-order chi connectivity index (χ0) is 16.8. The fourth-order valence-electron chi connectivity index (χ4n) is 1.77. The Morgan fingerprint density at radius 2 is 1.91 bits per heavy atom. The fourth-order valence-corrected chi connectivity index (χ4v) is 1.77. The van der Waals surface area contributed by atoms with Gasteiger partial charge in [0.2, 0.25) is 0 Å². The first-order valence-electron chi connectivity index (χ1n) is 6.98. The third kappa shape index (κ3) is 4.80. The van der Waals surface area contributed by atoms with E-state index in [2.05, 4.69) is 21.1 Å². The lowest BCUT2D eigenvalue weighted by atomic mass is 10.1. The maximum atomic E-state index is 13.4. The predicted molar refractivity (Wildman–Crippen MR) is 81.7 cm³/mol. The highest BCUT2D eigenvalue weighted by Gasteiger charge is 2.08. The number of halogens is 1. The van der Waals surface area contributed by atoms with E-state index < -0.39 is 17.8 Å². The predicted octanol–water partition coefficient (Wildman–Crippen LogP) is 1.98. The Kier molecular flexibility index (Phi) is 5.29. The maximum Gasteiger partial charge on any atom is 0.320 e. The zero-order valence-electron chi connectivity index (χ0n) is 12.8. The van der Waals surface area contributed by atoms with Crippen LogP contribution in [0.15, 0.2) is 28.8 Å². The van der Waals surface area contributed by atoms with Crippen LogP contribution in [-0.4, -0.2) is 30.2 Å². The van der Waals surface area contributed by atoms with Crippen LogP contribution in [0.3, 0.4) is 0 Å². The summed E-state index contributed by atoms with van der Waals surface area (Å²) in [6.07, 6.45) is 0. The van der Waals surface area contributed by atoms with Gasteiger partial charge < -0.3 is 15.2 Å². The second-order valence-electron chi connectivity index (χ2n) is 4.92. The molecule has 3 amide bonds. The van der Waals surface area contributed by atoms with E-state index in [4.69, 9.17) is 4.52 Å². The number of aromatic nitrogens is 1. The van der Waals surface area contributed by atoms with Gasteiger partial charge in [0.05, 0.1) is 0 Å². The Morgan fingerprint density at radius 1 is 1.17 bits per heavy atom. The van der Waals surface area contributed by atoms with Crippen molar-refractivity contribution in [1.29, 1.82) is 0 Å². The number of hydrogen-bond donors (Lipinski definition) is 3. The molecule has 8 heteroatoms. The Bertz CT molecular complexity index is 714. The van der Waals surface area contributed by atoms with E-state index in [-0.39, 0.29) is 18.7 Å². The lowest BCUT2D eigenvalue weighted by Crippen LogP contribution is -2.36. The van der Waals surface area contributed by atoms with E-state index in [0.29, 0.717) is 17.1 Å². The van der Waals surface area contributed by atoms with E-state index in [9.17, 15) is 14.0 Å². The van der Waals surface area contributed by atoms with Crippen LogP contribution in [0.2, 0.25) is 0 Å². The normalized spacial score (nSPS) is 10.2. The van der Waals surface area contributed by atoms with Gasteiger partial charge in [0.15, 0.2) is 5.82 Å². The second-order valence-corrected chi connectivity index (χ2v) is 4.92. The van der Waals surface area contributed by atoms with Crippen LogP contribution in [0.4, 0.5) is 15.0 Å². The van der Waals surface area contributed by atoms with Crippen molar-refractivity contribution in [3.05, 3.63) is 47.0 Å². The molecule has 1 aromatic heterocycles. The molecule has 7 nitrogen and oxygen atoms in total. The number of nitrogens with zero attached hydrogens (tertiary/aromatic N) is 1. The van der Waals surface area contributed by atoms with Gasteiger partial charge in [0.1, 0.15) is 11.6 Å². The van der Waals surface area contributed by atoms with E-state index >= 15 is 0 Å². The molecular formula is C15H17FN4O3. The van der Waals surface area contributed by atoms with E-state index in [1.54, 1.807) is 26.0 Å². The van der Waals surface area contributed by atoms with Crippen LogP contribution in [0.5, 0.6) is 0 Å². The second kappa shape index (κ2) is 7.39. The van der Waals surface area contributed by atoms with Crippen molar-refractivity contribution >= 4 is 17.8 Å². The molecule has 0 radical (unpaired) electrons. The van der Waals surface area contributed by atoms with Gasteiger partial charge in [-0.25, -0.2) is 9.18 Å². The Balaban J connectivity index is 1.71. The van der Waals surface area contributed by atoms with Crippen molar-refractivity contribution in [3.63, 3.8) is 0 Å². The van der Waals surface area contributed by atoms with Gasteiger partial charge in [0.25, 0.3) is 5.91 Å². The van der Waals surface area contributed by atoms with Crippen molar-refractivity contribution in [3.8, 4) is 0 Å². The smallest absolute Gasteiger partial charge is 0.320 e. The highest BCUT2D eigenvalue weighted by Crippen LogP contribution is 2.09. The number of urea groups is 1. The molecule has 1 heterocycles. The average Bonchev–Trinajstić information content (AvgIpc) is 2.91. The first-order valence-corrected chi connectivity index (χ1v) is 6.98. The molecule has 2 aromatic rings. The summed E-state index contributed by atoms with van der Waals surface area (Å²) in [5, 5.41) is 11.2. The summed E-state index contributed by atoms with van der Waals surface area (Å²) in [5.74, 6) is 0.0494. The molecule has 3 N–H and O–H groups in total. The molecule has 0 aliphatic carbocycles.